The average molecular weight is 341 g/mol. The zero-order valence-corrected chi connectivity index (χ0v) is 13.4. The van der Waals surface area contributed by atoms with Crippen LogP contribution < -0.4 is 5.32 Å². The molecule has 1 atom stereocenters. The summed E-state index contributed by atoms with van der Waals surface area (Å²) >= 11 is 3.42. The van der Waals surface area contributed by atoms with Gasteiger partial charge < -0.3 is 10.1 Å². The highest BCUT2D eigenvalue weighted by Crippen LogP contribution is 2.21. The fourth-order valence-electron chi connectivity index (χ4n) is 2.36. The predicted molar refractivity (Wildman–Crippen MR) is 83.9 cm³/mol. The van der Waals surface area contributed by atoms with Gasteiger partial charge in [-0.3, -0.25) is 9.69 Å². The summed E-state index contributed by atoms with van der Waals surface area (Å²) in [6.45, 7) is 2.03. The van der Waals surface area contributed by atoms with Gasteiger partial charge in [0.2, 0.25) is 5.91 Å². The van der Waals surface area contributed by atoms with E-state index in [9.17, 15) is 4.79 Å². The maximum absolute atomic E-state index is 12.0. The zero-order valence-electron chi connectivity index (χ0n) is 11.8. The van der Waals surface area contributed by atoms with Crippen molar-refractivity contribution in [3.8, 4) is 0 Å². The van der Waals surface area contributed by atoms with Gasteiger partial charge in [-0.15, -0.1) is 0 Å². The summed E-state index contributed by atoms with van der Waals surface area (Å²) < 4.78 is 6.58. The summed E-state index contributed by atoms with van der Waals surface area (Å²) in [7, 11) is 1.96. The largest absolute Gasteiger partial charge is 0.377 e. The van der Waals surface area contributed by atoms with Crippen LogP contribution in [-0.4, -0.2) is 43.7 Å². The first-order valence-electron chi connectivity index (χ1n) is 6.99. The molecular formula is C15H21BrN2O2. The van der Waals surface area contributed by atoms with Crippen LogP contribution in [0, 0.1) is 0 Å². The molecule has 0 aliphatic carbocycles. The Labute approximate surface area is 128 Å². The molecule has 110 valence electrons. The lowest BCUT2D eigenvalue weighted by Gasteiger charge is -2.27. The number of ether oxygens (including phenoxy) is 1. The maximum atomic E-state index is 12.0. The van der Waals surface area contributed by atoms with E-state index in [1.807, 2.05) is 36.2 Å². The molecule has 4 nitrogen and oxygen atoms in total. The van der Waals surface area contributed by atoms with E-state index in [4.69, 9.17) is 4.74 Å². The minimum Gasteiger partial charge on any atom is -0.377 e. The smallest absolute Gasteiger partial charge is 0.238 e. The van der Waals surface area contributed by atoms with Crippen LogP contribution in [0.3, 0.4) is 0 Å². The van der Waals surface area contributed by atoms with E-state index >= 15 is 0 Å². The number of likely N-dealkylation sites (N-methyl/N-ethyl adjacent to an activating group) is 1. The lowest BCUT2D eigenvalue weighted by Crippen LogP contribution is -2.37. The Hall–Kier alpha value is -0.910. The van der Waals surface area contributed by atoms with Crippen molar-refractivity contribution in [1.82, 2.24) is 4.90 Å². The van der Waals surface area contributed by atoms with Gasteiger partial charge in [0.15, 0.2) is 0 Å². The highest BCUT2D eigenvalue weighted by atomic mass is 79.9. The SMILES string of the molecule is CN(CC(=O)Nc1ccccc1Br)C[C@H]1CCCCO1. The highest BCUT2D eigenvalue weighted by Gasteiger charge is 2.17. The second kappa shape index (κ2) is 7.76. The third kappa shape index (κ3) is 4.89. The molecule has 0 aromatic heterocycles. The van der Waals surface area contributed by atoms with Crippen molar-refractivity contribution >= 4 is 27.5 Å². The summed E-state index contributed by atoms with van der Waals surface area (Å²) in [6.07, 6.45) is 3.74. The molecule has 0 radical (unpaired) electrons. The molecule has 2 rings (SSSR count). The topological polar surface area (TPSA) is 41.6 Å². The second-order valence-corrected chi connectivity index (χ2v) is 6.07. The Balaban J connectivity index is 1.77. The number of nitrogens with zero attached hydrogens (tertiary/aromatic N) is 1. The molecule has 1 aromatic rings. The van der Waals surface area contributed by atoms with E-state index < -0.39 is 0 Å². The van der Waals surface area contributed by atoms with E-state index in [2.05, 4.69) is 21.2 Å². The van der Waals surface area contributed by atoms with Gasteiger partial charge in [-0.2, -0.15) is 0 Å². The van der Waals surface area contributed by atoms with Crippen LogP contribution in [0.15, 0.2) is 28.7 Å². The van der Waals surface area contributed by atoms with Crippen LogP contribution in [0.1, 0.15) is 19.3 Å². The zero-order chi connectivity index (χ0) is 14.4. The molecule has 0 spiro atoms. The van der Waals surface area contributed by atoms with Crippen molar-refractivity contribution in [2.24, 2.45) is 0 Å². The molecule has 1 aromatic carbocycles. The monoisotopic (exact) mass is 340 g/mol. The fraction of sp³-hybridized carbons (Fsp3) is 0.533. The van der Waals surface area contributed by atoms with Gasteiger partial charge in [-0.1, -0.05) is 12.1 Å². The van der Waals surface area contributed by atoms with E-state index in [1.54, 1.807) is 0 Å². The lowest BCUT2D eigenvalue weighted by molar-refractivity contribution is -0.117. The lowest BCUT2D eigenvalue weighted by atomic mass is 10.1. The minimum absolute atomic E-state index is 0.00444. The van der Waals surface area contributed by atoms with Gasteiger partial charge in [0.25, 0.3) is 0 Å². The molecule has 1 fully saturated rings. The van der Waals surface area contributed by atoms with Crippen molar-refractivity contribution in [3.05, 3.63) is 28.7 Å². The molecule has 1 aliphatic heterocycles. The summed E-state index contributed by atoms with van der Waals surface area (Å²) in [5.41, 5.74) is 0.805. The molecule has 0 unspecified atom stereocenters. The Morgan fingerprint density at radius 2 is 2.25 bits per heavy atom. The normalized spacial score (nSPS) is 19.1. The van der Waals surface area contributed by atoms with Crippen molar-refractivity contribution in [2.75, 3.05) is 32.1 Å². The van der Waals surface area contributed by atoms with Crippen molar-refractivity contribution in [2.45, 2.75) is 25.4 Å². The summed E-state index contributed by atoms with van der Waals surface area (Å²) in [4.78, 5) is 14.0. The van der Waals surface area contributed by atoms with Gasteiger partial charge in [0, 0.05) is 17.6 Å². The molecule has 1 amide bonds. The minimum atomic E-state index is -0.00444. The molecule has 0 bridgehead atoms. The third-order valence-electron chi connectivity index (χ3n) is 3.35. The third-order valence-corrected chi connectivity index (χ3v) is 4.04. The fourth-order valence-corrected chi connectivity index (χ4v) is 2.74. The average Bonchev–Trinajstić information content (AvgIpc) is 2.42. The first kappa shape index (κ1) is 15.5. The van der Waals surface area contributed by atoms with Crippen LogP contribution in [0.4, 0.5) is 5.69 Å². The number of carbonyl (C=O) groups is 1. The Bertz CT molecular complexity index is 447. The summed E-state index contributed by atoms with van der Waals surface area (Å²) in [5.74, 6) is -0.00444. The second-order valence-electron chi connectivity index (χ2n) is 5.21. The van der Waals surface area contributed by atoms with Crippen LogP contribution >= 0.6 is 15.9 Å². The molecule has 1 saturated heterocycles. The van der Waals surface area contributed by atoms with E-state index in [1.165, 1.54) is 6.42 Å². The predicted octanol–water partition coefficient (Wildman–Crippen LogP) is 2.89. The van der Waals surface area contributed by atoms with Gasteiger partial charge in [-0.05, 0) is 54.4 Å². The van der Waals surface area contributed by atoms with Crippen LogP contribution in [-0.2, 0) is 9.53 Å². The molecule has 1 N–H and O–H groups in total. The number of hydrogen-bond donors (Lipinski definition) is 1. The van der Waals surface area contributed by atoms with Gasteiger partial charge in [-0.25, -0.2) is 0 Å². The molecule has 1 heterocycles. The molecule has 0 saturated carbocycles. The number of nitrogens with one attached hydrogen (secondary N) is 1. The van der Waals surface area contributed by atoms with Gasteiger partial charge in [0.05, 0.1) is 18.3 Å². The Morgan fingerprint density at radius 1 is 1.45 bits per heavy atom. The number of rotatable bonds is 5. The number of anilines is 1. The van der Waals surface area contributed by atoms with Crippen molar-refractivity contribution in [1.29, 1.82) is 0 Å². The number of amides is 1. The van der Waals surface area contributed by atoms with Crippen LogP contribution in [0.5, 0.6) is 0 Å². The van der Waals surface area contributed by atoms with Crippen LogP contribution in [0.2, 0.25) is 0 Å². The summed E-state index contributed by atoms with van der Waals surface area (Å²) in [6, 6.07) is 7.62. The Morgan fingerprint density at radius 3 is 2.95 bits per heavy atom. The quantitative estimate of drug-likeness (QED) is 0.895. The van der Waals surface area contributed by atoms with E-state index in [-0.39, 0.29) is 12.0 Å². The van der Waals surface area contributed by atoms with Gasteiger partial charge in [0.1, 0.15) is 0 Å². The first-order chi connectivity index (χ1) is 9.65. The highest BCUT2D eigenvalue weighted by molar-refractivity contribution is 9.10. The number of halogens is 1. The first-order valence-corrected chi connectivity index (χ1v) is 7.79. The number of para-hydroxylation sites is 1. The number of hydrogen-bond acceptors (Lipinski definition) is 3. The van der Waals surface area contributed by atoms with Crippen LogP contribution in [0.25, 0.3) is 0 Å². The van der Waals surface area contributed by atoms with Gasteiger partial charge >= 0.3 is 0 Å². The Kier molecular flexibility index (Phi) is 6.01. The molecule has 5 heteroatoms. The van der Waals surface area contributed by atoms with E-state index in [0.717, 1.165) is 36.2 Å². The molecule has 20 heavy (non-hydrogen) atoms. The molecular weight excluding hydrogens is 320 g/mol. The maximum Gasteiger partial charge on any atom is 0.238 e. The summed E-state index contributed by atoms with van der Waals surface area (Å²) in [5, 5.41) is 2.91. The van der Waals surface area contributed by atoms with Crippen molar-refractivity contribution < 1.29 is 9.53 Å². The standard InChI is InChI=1S/C15H21BrN2O2/c1-18(10-12-6-4-5-9-20-12)11-15(19)17-14-8-3-2-7-13(14)16/h2-3,7-8,12H,4-6,9-11H2,1H3,(H,17,19)/t12-/m1/s1. The number of benzene rings is 1. The van der Waals surface area contributed by atoms with Crippen molar-refractivity contribution in [3.63, 3.8) is 0 Å². The number of carbonyl (C=O) groups excluding carboxylic acids is 1. The molecule has 1 aliphatic rings. The van der Waals surface area contributed by atoms with E-state index in [0.29, 0.717) is 6.54 Å².